The third-order valence-corrected chi connectivity index (χ3v) is 3.13. The number of hydrogen-bond acceptors (Lipinski definition) is 2. The minimum atomic E-state index is -0.838. The molecule has 1 amide bonds. The van der Waals surface area contributed by atoms with Crippen LogP contribution in [0.25, 0.3) is 0 Å². The lowest BCUT2D eigenvalue weighted by molar-refractivity contribution is -0.137. The fourth-order valence-electron chi connectivity index (χ4n) is 2.26. The van der Waals surface area contributed by atoms with Crippen LogP contribution in [0, 0.1) is 5.41 Å². The van der Waals surface area contributed by atoms with Crippen LogP contribution in [0.5, 0.6) is 0 Å². The molecule has 1 saturated carbocycles. The summed E-state index contributed by atoms with van der Waals surface area (Å²) in [5.41, 5.74) is 0.332. The van der Waals surface area contributed by atoms with E-state index in [4.69, 9.17) is 5.11 Å². The molecule has 0 radical (unpaired) electrons. The van der Waals surface area contributed by atoms with Gasteiger partial charge in [-0.1, -0.05) is 13.8 Å². The van der Waals surface area contributed by atoms with Gasteiger partial charge in [-0.15, -0.1) is 0 Å². The number of carbonyl (C=O) groups excluding carboxylic acids is 1. The lowest BCUT2D eigenvalue weighted by Crippen LogP contribution is -2.33. The summed E-state index contributed by atoms with van der Waals surface area (Å²) in [5, 5.41) is 11.4. The molecule has 0 saturated heterocycles. The van der Waals surface area contributed by atoms with Crippen molar-refractivity contribution in [3.05, 3.63) is 0 Å². The van der Waals surface area contributed by atoms with Gasteiger partial charge in [-0.05, 0) is 31.1 Å². The summed E-state index contributed by atoms with van der Waals surface area (Å²) in [6.45, 7) is 4.42. The molecule has 0 aliphatic heterocycles. The molecule has 92 valence electrons. The van der Waals surface area contributed by atoms with Crippen LogP contribution in [0.15, 0.2) is 0 Å². The van der Waals surface area contributed by atoms with Crippen molar-refractivity contribution < 1.29 is 14.7 Å². The Balaban J connectivity index is 2.18. The zero-order valence-corrected chi connectivity index (χ0v) is 10.1. The number of carboxylic acids is 1. The maximum Gasteiger partial charge on any atom is 0.303 e. The third kappa shape index (κ3) is 4.64. The zero-order chi connectivity index (χ0) is 12.2. The number of carboxylic acid groups (broad SMARTS) is 1. The molecule has 1 atom stereocenters. The van der Waals surface area contributed by atoms with Gasteiger partial charge in [0.05, 0.1) is 0 Å². The normalized spacial score (nSPS) is 23.0. The lowest BCUT2D eigenvalue weighted by atomic mass is 9.92. The fraction of sp³-hybridized carbons (Fsp3) is 0.833. The van der Waals surface area contributed by atoms with Crippen molar-refractivity contribution in [1.29, 1.82) is 0 Å². The molecule has 0 heterocycles. The van der Waals surface area contributed by atoms with Gasteiger partial charge in [0.25, 0.3) is 0 Å². The second kappa shape index (κ2) is 5.32. The Hall–Kier alpha value is -1.06. The Morgan fingerprint density at radius 3 is 2.56 bits per heavy atom. The van der Waals surface area contributed by atoms with Gasteiger partial charge in [0.1, 0.15) is 0 Å². The SMILES string of the molecule is CC1(C)CCC(NC(=O)CCCC(=O)O)C1. The van der Waals surface area contributed by atoms with Gasteiger partial charge < -0.3 is 10.4 Å². The molecule has 4 heteroatoms. The molecule has 1 unspecified atom stereocenters. The van der Waals surface area contributed by atoms with Gasteiger partial charge >= 0.3 is 5.97 Å². The molecule has 1 rings (SSSR count). The number of rotatable bonds is 5. The highest BCUT2D eigenvalue weighted by molar-refractivity contribution is 5.77. The van der Waals surface area contributed by atoms with Crippen molar-refractivity contribution in [2.24, 2.45) is 5.41 Å². The van der Waals surface area contributed by atoms with Crippen LogP contribution in [-0.2, 0) is 9.59 Å². The number of hydrogen-bond donors (Lipinski definition) is 2. The summed E-state index contributed by atoms with van der Waals surface area (Å²) in [6, 6.07) is 0.285. The molecule has 0 aromatic carbocycles. The summed E-state index contributed by atoms with van der Waals surface area (Å²) in [5.74, 6) is -0.848. The van der Waals surface area contributed by atoms with E-state index in [9.17, 15) is 9.59 Å². The van der Waals surface area contributed by atoms with Crippen molar-refractivity contribution in [2.45, 2.75) is 58.4 Å². The van der Waals surface area contributed by atoms with Crippen molar-refractivity contribution in [3.8, 4) is 0 Å². The highest BCUT2D eigenvalue weighted by atomic mass is 16.4. The summed E-state index contributed by atoms with van der Waals surface area (Å²) >= 11 is 0. The van der Waals surface area contributed by atoms with Crippen molar-refractivity contribution in [2.75, 3.05) is 0 Å². The summed E-state index contributed by atoms with van der Waals surface area (Å²) in [7, 11) is 0. The summed E-state index contributed by atoms with van der Waals surface area (Å²) < 4.78 is 0. The average molecular weight is 227 g/mol. The van der Waals surface area contributed by atoms with Gasteiger partial charge in [0.15, 0.2) is 0 Å². The topological polar surface area (TPSA) is 66.4 Å². The molecule has 16 heavy (non-hydrogen) atoms. The first-order valence-electron chi connectivity index (χ1n) is 5.90. The first-order valence-corrected chi connectivity index (χ1v) is 5.90. The van der Waals surface area contributed by atoms with E-state index in [0.29, 0.717) is 18.3 Å². The van der Waals surface area contributed by atoms with Crippen molar-refractivity contribution in [3.63, 3.8) is 0 Å². The number of aliphatic carboxylic acids is 1. The number of nitrogens with one attached hydrogen (secondary N) is 1. The van der Waals surface area contributed by atoms with E-state index in [1.807, 2.05) is 0 Å². The van der Waals surface area contributed by atoms with E-state index in [0.717, 1.165) is 19.3 Å². The fourth-order valence-corrected chi connectivity index (χ4v) is 2.26. The van der Waals surface area contributed by atoms with E-state index in [-0.39, 0.29) is 18.4 Å². The van der Waals surface area contributed by atoms with E-state index < -0.39 is 5.97 Å². The van der Waals surface area contributed by atoms with Crippen LogP contribution in [0.1, 0.15) is 52.4 Å². The van der Waals surface area contributed by atoms with Gasteiger partial charge in [-0.3, -0.25) is 9.59 Å². The summed E-state index contributed by atoms with van der Waals surface area (Å²) in [4.78, 5) is 21.8. The highest BCUT2D eigenvalue weighted by Gasteiger charge is 2.31. The Morgan fingerprint density at radius 2 is 2.06 bits per heavy atom. The van der Waals surface area contributed by atoms with E-state index in [1.54, 1.807) is 0 Å². The van der Waals surface area contributed by atoms with Gasteiger partial charge in [0.2, 0.25) is 5.91 Å². The lowest BCUT2D eigenvalue weighted by Gasteiger charge is -2.17. The standard InChI is InChI=1S/C12H21NO3/c1-12(2)7-6-9(8-12)13-10(14)4-3-5-11(15)16/h9H,3-8H2,1-2H3,(H,13,14)(H,15,16). The molecule has 0 aromatic rings. The van der Waals surface area contributed by atoms with Gasteiger partial charge in [-0.2, -0.15) is 0 Å². The molecular weight excluding hydrogens is 206 g/mol. The van der Waals surface area contributed by atoms with Gasteiger partial charge in [-0.25, -0.2) is 0 Å². The molecule has 0 spiro atoms. The third-order valence-electron chi connectivity index (χ3n) is 3.13. The molecule has 0 aromatic heterocycles. The molecule has 1 aliphatic rings. The van der Waals surface area contributed by atoms with Crippen LogP contribution in [-0.4, -0.2) is 23.0 Å². The maximum absolute atomic E-state index is 11.5. The van der Waals surface area contributed by atoms with Gasteiger partial charge in [0, 0.05) is 18.9 Å². The first kappa shape index (κ1) is 13.0. The van der Waals surface area contributed by atoms with E-state index in [2.05, 4.69) is 19.2 Å². The van der Waals surface area contributed by atoms with Crippen molar-refractivity contribution >= 4 is 11.9 Å². The first-order chi connectivity index (χ1) is 7.39. The minimum absolute atomic E-state index is 0.0102. The molecule has 2 N–H and O–H groups in total. The van der Waals surface area contributed by atoms with Crippen LogP contribution < -0.4 is 5.32 Å². The van der Waals surface area contributed by atoms with Crippen LogP contribution in [0.3, 0.4) is 0 Å². The van der Waals surface area contributed by atoms with E-state index >= 15 is 0 Å². The smallest absolute Gasteiger partial charge is 0.303 e. The maximum atomic E-state index is 11.5. The zero-order valence-electron chi connectivity index (χ0n) is 10.1. The second-order valence-corrected chi connectivity index (χ2v) is 5.42. The highest BCUT2D eigenvalue weighted by Crippen LogP contribution is 2.36. The monoisotopic (exact) mass is 227 g/mol. The Bertz CT molecular complexity index is 273. The Kier molecular flexibility index (Phi) is 4.33. The minimum Gasteiger partial charge on any atom is -0.481 e. The predicted molar refractivity (Wildman–Crippen MR) is 61.0 cm³/mol. The molecule has 4 nitrogen and oxygen atoms in total. The van der Waals surface area contributed by atoms with E-state index in [1.165, 1.54) is 0 Å². The quantitative estimate of drug-likeness (QED) is 0.754. The van der Waals surface area contributed by atoms with Crippen LogP contribution in [0.2, 0.25) is 0 Å². The largest absolute Gasteiger partial charge is 0.481 e. The van der Waals surface area contributed by atoms with Crippen molar-refractivity contribution in [1.82, 2.24) is 5.32 Å². The Morgan fingerprint density at radius 1 is 1.38 bits per heavy atom. The number of amides is 1. The predicted octanol–water partition coefficient (Wildman–Crippen LogP) is 1.94. The van der Waals surface area contributed by atoms with Crippen LogP contribution in [0.4, 0.5) is 0 Å². The molecule has 1 fully saturated rings. The van der Waals surface area contributed by atoms with Crippen LogP contribution >= 0.6 is 0 Å². The molecule has 1 aliphatic carbocycles. The second-order valence-electron chi connectivity index (χ2n) is 5.42. The Labute approximate surface area is 96.4 Å². The molecular formula is C12H21NO3. The number of carbonyl (C=O) groups is 2. The summed E-state index contributed by atoms with van der Waals surface area (Å²) in [6.07, 6.45) is 4.03. The average Bonchev–Trinajstić information content (AvgIpc) is 2.44. The molecule has 0 bridgehead atoms.